The average molecular weight is 425 g/mol. The molecule has 2 aliphatic heterocycles. The fraction of sp³-hybridized carbons (Fsp3) is 0.625. The highest BCUT2D eigenvalue weighted by atomic mass is 16.6. The summed E-state index contributed by atoms with van der Waals surface area (Å²) < 4.78 is 10.6. The maximum Gasteiger partial charge on any atom is 0.278 e. The summed E-state index contributed by atoms with van der Waals surface area (Å²) in [7, 11) is 0. The molecular weight excluding hydrogens is 392 g/mol. The van der Waals surface area contributed by atoms with E-state index in [1.54, 1.807) is 6.92 Å². The fourth-order valence-electron chi connectivity index (χ4n) is 5.46. The number of nitrogens with zero attached hydrogens (tertiary/aromatic N) is 4. The molecule has 1 aromatic heterocycles. The monoisotopic (exact) mass is 424 g/mol. The third-order valence-electron chi connectivity index (χ3n) is 7.26. The number of ether oxygens (including phenoxy) is 1. The number of benzene rings is 1. The summed E-state index contributed by atoms with van der Waals surface area (Å²) in [5.74, 6) is 0.425. The second kappa shape index (κ2) is 9.09. The van der Waals surface area contributed by atoms with Gasteiger partial charge in [-0.25, -0.2) is 4.63 Å². The number of carbonyl (C=O) groups excluding carboxylic acids is 1. The highest BCUT2D eigenvalue weighted by Crippen LogP contribution is 2.29. The Bertz CT molecular complexity index is 875. The molecule has 0 bridgehead atoms. The number of aryl methyl sites for hydroxylation is 1. The van der Waals surface area contributed by atoms with Gasteiger partial charge in [0.15, 0.2) is 5.69 Å². The SMILES string of the molecule is Cc1nonc1C(=O)N(CC1CCN(C2Cc3ccccc3C2)CC1)CC1CCCO1. The zero-order chi connectivity index (χ0) is 21.2. The molecule has 1 unspecified atom stereocenters. The van der Waals surface area contributed by atoms with E-state index in [2.05, 4.69) is 39.5 Å². The van der Waals surface area contributed by atoms with Gasteiger partial charge in [0, 0.05) is 25.7 Å². The Morgan fingerprint density at radius 1 is 1.10 bits per heavy atom. The van der Waals surface area contributed by atoms with Gasteiger partial charge in [-0.2, -0.15) is 0 Å². The van der Waals surface area contributed by atoms with Gasteiger partial charge in [-0.05, 0) is 80.7 Å². The van der Waals surface area contributed by atoms with Crippen LogP contribution >= 0.6 is 0 Å². The minimum Gasteiger partial charge on any atom is -0.376 e. The zero-order valence-corrected chi connectivity index (χ0v) is 18.3. The van der Waals surface area contributed by atoms with Crippen LogP contribution in [0, 0.1) is 12.8 Å². The van der Waals surface area contributed by atoms with Crippen molar-refractivity contribution in [2.45, 2.75) is 57.6 Å². The van der Waals surface area contributed by atoms with Crippen molar-refractivity contribution in [2.24, 2.45) is 5.92 Å². The quantitative estimate of drug-likeness (QED) is 0.710. The van der Waals surface area contributed by atoms with Crippen LogP contribution in [-0.4, -0.2) is 71.0 Å². The Kier molecular flexibility index (Phi) is 6.05. The van der Waals surface area contributed by atoms with Crippen LogP contribution in [0.2, 0.25) is 0 Å². The molecule has 3 heterocycles. The summed E-state index contributed by atoms with van der Waals surface area (Å²) >= 11 is 0. The Labute approximate surface area is 183 Å². The molecular formula is C24H32N4O3. The second-order valence-electron chi connectivity index (χ2n) is 9.35. The first-order chi connectivity index (χ1) is 15.2. The van der Waals surface area contributed by atoms with Gasteiger partial charge in [-0.3, -0.25) is 9.69 Å². The molecule has 0 radical (unpaired) electrons. The average Bonchev–Trinajstić information content (AvgIpc) is 3.54. The largest absolute Gasteiger partial charge is 0.376 e. The Balaban J connectivity index is 1.19. The van der Waals surface area contributed by atoms with Crippen LogP contribution in [0.25, 0.3) is 0 Å². The van der Waals surface area contributed by atoms with E-state index in [0.717, 1.165) is 51.9 Å². The number of hydrogen-bond donors (Lipinski definition) is 0. The number of fused-ring (bicyclic) bond motifs is 1. The number of piperidine rings is 1. The minimum absolute atomic E-state index is 0.0806. The summed E-state index contributed by atoms with van der Waals surface area (Å²) in [6, 6.07) is 9.49. The first-order valence-electron chi connectivity index (χ1n) is 11.7. The highest BCUT2D eigenvalue weighted by Gasteiger charge is 2.33. The molecule has 1 aromatic carbocycles. The molecule has 7 heteroatoms. The molecule has 3 aliphatic rings. The molecule has 1 aliphatic carbocycles. The lowest BCUT2D eigenvalue weighted by Gasteiger charge is -2.38. The van der Waals surface area contributed by atoms with Crippen molar-refractivity contribution in [1.82, 2.24) is 20.1 Å². The Morgan fingerprint density at radius 3 is 2.45 bits per heavy atom. The van der Waals surface area contributed by atoms with Crippen molar-refractivity contribution in [1.29, 1.82) is 0 Å². The number of carbonyl (C=O) groups is 1. The van der Waals surface area contributed by atoms with Gasteiger partial charge in [-0.15, -0.1) is 0 Å². The Morgan fingerprint density at radius 2 is 1.84 bits per heavy atom. The van der Waals surface area contributed by atoms with Gasteiger partial charge in [0.05, 0.1) is 6.10 Å². The number of likely N-dealkylation sites (tertiary alicyclic amines) is 1. The summed E-state index contributed by atoms with van der Waals surface area (Å²) in [6.45, 7) is 6.16. The molecule has 0 spiro atoms. The minimum atomic E-state index is -0.0806. The Hall–Kier alpha value is -2.25. The molecule has 31 heavy (non-hydrogen) atoms. The number of rotatable bonds is 6. The van der Waals surface area contributed by atoms with Crippen LogP contribution in [0.1, 0.15) is 53.0 Å². The molecule has 0 N–H and O–H groups in total. The summed E-state index contributed by atoms with van der Waals surface area (Å²) in [5, 5.41) is 7.66. The normalized spacial score (nSPS) is 22.7. The van der Waals surface area contributed by atoms with Gasteiger partial charge < -0.3 is 9.64 Å². The number of amides is 1. The number of hydrogen-bond acceptors (Lipinski definition) is 6. The van der Waals surface area contributed by atoms with E-state index in [9.17, 15) is 4.79 Å². The summed E-state index contributed by atoms with van der Waals surface area (Å²) in [5.41, 5.74) is 3.91. The van der Waals surface area contributed by atoms with Crippen molar-refractivity contribution >= 4 is 5.91 Å². The lowest BCUT2D eigenvalue weighted by Crippen LogP contribution is -2.46. The number of aromatic nitrogens is 2. The van der Waals surface area contributed by atoms with Crippen LogP contribution in [0.3, 0.4) is 0 Å². The predicted molar refractivity (Wildman–Crippen MR) is 116 cm³/mol. The maximum absolute atomic E-state index is 13.2. The molecule has 1 amide bonds. The molecule has 7 nitrogen and oxygen atoms in total. The van der Waals surface area contributed by atoms with Crippen molar-refractivity contribution < 1.29 is 14.2 Å². The van der Waals surface area contributed by atoms with Gasteiger partial charge in [0.25, 0.3) is 5.91 Å². The van der Waals surface area contributed by atoms with Crippen LogP contribution in [-0.2, 0) is 17.6 Å². The first kappa shape index (κ1) is 20.6. The lowest BCUT2D eigenvalue weighted by atomic mass is 9.94. The van der Waals surface area contributed by atoms with E-state index in [-0.39, 0.29) is 12.0 Å². The van der Waals surface area contributed by atoms with Crippen molar-refractivity contribution in [2.75, 3.05) is 32.8 Å². The van der Waals surface area contributed by atoms with Crippen LogP contribution in [0.4, 0.5) is 0 Å². The standard InChI is InChI=1S/C24H32N4O3/c1-17-23(26-31-25-17)24(29)28(16-22-7-4-12-30-22)15-18-8-10-27(11-9-18)21-13-19-5-2-3-6-20(19)14-21/h2-3,5-6,18,21-22H,4,7-16H2,1H3. The molecule has 2 aromatic rings. The van der Waals surface area contributed by atoms with Crippen molar-refractivity contribution in [3.63, 3.8) is 0 Å². The predicted octanol–water partition coefficient (Wildman–Crippen LogP) is 2.88. The van der Waals surface area contributed by atoms with E-state index in [4.69, 9.17) is 9.37 Å². The molecule has 2 fully saturated rings. The zero-order valence-electron chi connectivity index (χ0n) is 18.3. The molecule has 2 saturated heterocycles. The first-order valence-corrected chi connectivity index (χ1v) is 11.7. The van der Waals surface area contributed by atoms with Crippen molar-refractivity contribution in [3.8, 4) is 0 Å². The maximum atomic E-state index is 13.2. The van der Waals surface area contributed by atoms with Crippen LogP contribution in [0.5, 0.6) is 0 Å². The van der Waals surface area contributed by atoms with E-state index >= 15 is 0 Å². The molecule has 0 saturated carbocycles. The third-order valence-corrected chi connectivity index (χ3v) is 7.26. The van der Waals surface area contributed by atoms with E-state index in [0.29, 0.717) is 29.9 Å². The lowest BCUT2D eigenvalue weighted by molar-refractivity contribution is 0.0422. The second-order valence-corrected chi connectivity index (χ2v) is 9.35. The third kappa shape index (κ3) is 4.53. The van der Waals surface area contributed by atoms with E-state index in [1.807, 2.05) is 4.90 Å². The smallest absolute Gasteiger partial charge is 0.278 e. The van der Waals surface area contributed by atoms with Gasteiger partial charge in [0.2, 0.25) is 0 Å². The van der Waals surface area contributed by atoms with Crippen molar-refractivity contribution in [3.05, 3.63) is 46.8 Å². The fourth-order valence-corrected chi connectivity index (χ4v) is 5.46. The van der Waals surface area contributed by atoms with Gasteiger partial charge in [-0.1, -0.05) is 29.4 Å². The van der Waals surface area contributed by atoms with Crippen LogP contribution in [0.15, 0.2) is 28.9 Å². The van der Waals surface area contributed by atoms with E-state index in [1.165, 1.54) is 24.0 Å². The summed E-state index contributed by atoms with van der Waals surface area (Å²) in [6.07, 6.45) is 6.79. The summed E-state index contributed by atoms with van der Waals surface area (Å²) in [4.78, 5) is 17.8. The highest BCUT2D eigenvalue weighted by molar-refractivity contribution is 5.93. The molecule has 166 valence electrons. The topological polar surface area (TPSA) is 71.7 Å². The molecule has 5 rings (SSSR count). The van der Waals surface area contributed by atoms with E-state index < -0.39 is 0 Å². The van der Waals surface area contributed by atoms with Gasteiger partial charge in [0.1, 0.15) is 5.69 Å². The van der Waals surface area contributed by atoms with Gasteiger partial charge >= 0.3 is 0 Å². The van der Waals surface area contributed by atoms with Crippen LogP contribution < -0.4 is 0 Å². The molecule has 1 atom stereocenters.